The van der Waals surface area contributed by atoms with E-state index in [0.29, 0.717) is 5.95 Å². The minimum absolute atomic E-state index is 0.0106. The number of carbonyl (C=O) groups excluding carboxylic acids is 1. The van der Waals surface area contributed by atoms with Gasteiger partial charge in [-0.15, -0.1) is 0 Å². The maximum Gasteiger partial charge on any atom is 0.232 e. The lowest BCUT2D eigenvalue weighted by molar-refractivity contribution is -0.122. The summed E-state index contributed by atoms with van der Waals surface area (Å²) in [6.45, 7) is 5.91. The molecule has 0 saturated carbocycles. The van der Waals surface area contributed by atoms with E-state index in [0.717, 1.165) is 23.3 Å². The number of hydrogen-bond donors (Lipinski definition) is 0. The molecule has 3 aromatic rings. The summed E-state index contributed by atoms with van der Waals surface area (Å²) in [5, 5.41) is 4.48. The zero-order chi connectivity index (χ0) is 20.5. The summed E-state index contributed by atoms with van der Waals surface area (Å²) < 4.78 is 7.19. The molecule has 0 radical (unpaired) electrons. The van der Waals surface area contributed by atoms with E-state index < -0.39 is 0 Å². The third-order valence-electron chi connectivity index (χ3n) is 5.52. The number of rotatable bonds is 4. The molecular weight excluding hydrogens is 364 g/mol. The van der Waals surface area contributed by atoms with Gasteiger partial charge in [-0.05, 0) is 36.6 Å². The molecule has 1 aliphatic heterocycles. The van der Waals surface area contributed by atoms with Crippen molar-refractivity contribution in [1.29, 1.82) is 0 Å². The smallest absolute Gasteiger partial charge is 0.232 e. The number of hydrogen-bond acceptors (Lipinski definition) is 4. The molecule has 150 valence electrons. The van der Waals surface area contributed by atoms with Crippen LogP contribution in [0.15, 0.2) is 54.9 Å². The number of ether oxygens (including phenoxy) is 1. The van der Waals surface area contributed by atoms with Crippen LogP contribution in [-0.4, -0.2) is 27.8 Å². The van der Waals surface area contributed by atoms with Crippen molar-refractivity contribution in [3.63, 3.8) is 0 Å². The van der Waals surface area contributed by atoms with Crippen LogP contribution in [0.2, 0.25) is 0 Å². The van der Waals surface area contributed by atoms with Crippen LogP contribution in [0.5, 0.6) is 5.75 Å². The van der Waals surface area contributed by atoms with Gasteiger partial charge in [0.25, 0.3) is 0 Å². The summed E-state index contributed by atoms with van der Waals surface area (Å²) in [5.74, 6) is 1.30. The average Bonchev–Trinajstić information content (AvgIpc) is 3.22. The first-order valence-corrected chi connectivity index (χ1v) is 9.92. The third kappa shape index (κ3) is 3.50. The summed E-state index contributed by atoms with van der Waals surface area (Å²) >= 11 is 0. The Kier molecular flexibility index (Phi) is 5.09. The van der Waals surface area contributed by atoms with E-state index in [1.807, 2.05) is 47.7 Å². The molecule has 0 bridgehead atoms. The number of benzene rings is 2. The van der Waals surface area contributed by atoms with Crippen LogP contribution in [0.4, 0.5) is 5.95 Å². The number of methoxy groups -OCH3 is 1. The van der Waals surface area contributed by atoms with Crippen LogP contribution >= 0.6 is 0 Å². The first-order valence-electron chi connectivity index (χ1n) is 9.92. The topological polar surface area (TPSA) is 60.2 Å². The molecular formula is C23H26N4O2. The molecule has 0 fully saturated rings. The number of nitrogens with zero attached hydrogens (tertiary/aromatic N) is 4. The Balaban J connectivity index is 1.82. The minimum Gasteiger partial charge on any atom is -0.497 e. The van der Waals surface area contributed by atoms with Gasteiger partial charge in [0.15, 0.2) is 0 Å². The Morgan fingerprint density at radius 3 is 2.28 bits per heavy atom. The fourth-order valence-electron chi connectivity index (χ4n) is 3.90. The van der Waals surface area contributed by atoms with Crippen molar-refractivity contribution in [2.24, 2.45) is 5.92 Å². The first kappa shape index (κ1) is 19.2. The van der Waals surface area contributed by atoms with Crippen LogP contribution < -0.4 is 9.64 Å². The van der Waals surface area contributed by atoms with Crippen molar-refractivity contribution in [2.45, 2.75) is 39.3 Å². The lowest BCUT2D eigenvalue weighted by atomic mass is 9.91. The monoisotopic (exact) mass is 390 g/mol. The minimum atomic E-state index is -0.142. The predicted molar refractivity (Wildman–Crippen MR) is 112 cm³/mol. The highest BCUT2D eigenvalue weighted by Gasteiger charge is 2.39. The number of amides is 1. The number of aromatic nitrogens is 3. The summed E-state index contributed by atoms with van der Waals surface area (Å²) in [4.78, 5) is 19.5. The molecule has 2 aromatic carbocycles. The summed E-state index contributed by atoms with van der Waals surface area (Å²) in [5.41, 5.74) is 3.44. The van der Waals surface area contributed by atoms with Crippen molar-refractivity contribution in [1.82, 2.24) is 14.8 Å². The van der Waals surface area contributed by atoms with Gasteiger partial charge in [-0.1, -0.05) is 55.8 Å². The van der Waals surface area contributed by atoms with Gasteiger partial charge >= 0.3 is 0 Å². The third-order valence-corrected chi connectivity index (χ3v) is 5.52. The standard InChI is InChI=1S/C23H26N4O2/c1-15(2)22(28)26-20(17-9-11-19(29-4)12-10-17)13-21(27-23(26)24-14-25-27)18-7-5-16(3)6-8-18/h5-12,14-15,20-21H,13H2,1-4H3/t20-,21-/m1/s1. The van der Waals surface area contributed by atoms with Crippen molar-refractivity contribution in [2.75, 3.05) is 12.0 Å². The first-order chi connectivity index (χ1) is 14.0. The van der Waals surface area contributed by atoms with Gasteiger partial charge in [-0.2, -0.15) is 10.1 Å². The molecule has 2 heterocycles. The number of aryl methyl sites for hydroxylation is 1. The van der Waals surface area contributed by atoms with E-state index in [1.54, 1.807) is 7.11 Å². The normalized spacial score (nSPS) is 18.6. The Hall–Kier alpha value is -3.15. The van der Waals surface area contributed by atoms with Crippen LogP contribution in [0, 0.1) is 12.8 Å². The van der Waals surface area contributed by atoms with Crippen molar-refractivity contribution >= 4 is 11.9 Å². The SMILES string of the molecule is COc1ccc([C@H]2C[C@H](c3ccc(C)cc3)n3ncnc3N2C(=O)C(C)C)cc1. The molecule has 0 aliphatic carbocycles. The molecule has 29 heavy (non-hydrogen) atoms. The van der Waals surface area contributed by atoms with Gasteiger partial charge in [-0.25, -0.2) is 4.68 Å². The maximum absolute atomic E-state index is 13.2. The fourth-order valence-corrected chi connectivity index (χ4v) is 3.90. The van der Waals surface area contributed by atoms with Gasteiger partial charge in [0.1, 0.15) is 12.1 Å². The van der Waals surface area contributed by atoms with Gasteiger partial charge in [0.05, 0.1) is 19.2 Å². The fraction of sp³-hybridized carbons (Fsp3) is 0.348. The Bertz CT molecular complexity index is 992. The molecule has 1 aliphatic rings. The molecule has 6 nitrogen and oxygen atoms in total. The second kappa shape index (κ2) is 7.70. The molecule has 0 spiro atoms. The zero-order valence-corrected chi connectivity index (χ0v) is 17.2. The molecule has 0 N–H and O–H groups in total. The van der Waals surface area contributed by atoms with E-state index in [2.05, 4.69) is 41.3 Å². The van der Waals surface area contributed by atoms with Crippen molar-refractivity contribution in [3.8, 4) is 5.75 Å². The Morgan fingerprint density at radius 1 is 1.03 bits per heavy atom. The largest absolute Gasteiger partial charge is 0.497 e. The molecule has 2 atom stereocenters. The summed E-state index contributed by atoms with van der Waals surface area (Å²) in [6.07, 6.45) is 2.26. The van der Waals surface area contributed by atoms with E-state index in [-0.39, 0.29) is 23.9 Å². The van der Waals surface area contributed by atoms with Crippen LogP contribution in [0.1, 0.15) is 49.0 Å². The molecule has 4 rings (SSSR count). The van der Waals surface area contributed by atoms with E-state index in [4.69, 9.17) is 4.74 Å². The highest BCUT2D eigenvalue weighted by atomic mass is 16.5. The molecule has 0 saturated heterocycles. The van der Waals surface area contributed by atoms with Gasteiger partial charge in [-0.3, -0.25) is 9.69 Å². The Labute approximate surface area is 171 Å². The lowest BCUT2D eigenvalue weighted by Crippen LogP contribution is -2.44. The van der Waals surface area contributed by atoms with Gasteiger partial charge in [0.2, 0.25) is 11.9 Å². The predicted octanol–water partition coefficient (Wildman–Crippen LogP) is 4.32. The average molecular weight is 390 g/mol. The summed E-state index contributed by atoms with van der Waals surface area (Å²) in [6, 6.07) is 16.3. The van der Waals surface area contributed by atoms with E-state index in [9.17, 15) is 4.79 Å². The molecule has 6 heteroatoms. The van der Waals surface area contributed by atoms with Crippen molar-refractivity contribution < 1.29 is 9.53 Å². The van der Waals surface area contributed by atoms with E-state index in [1.165, 1.54) is 11.9 Å². The van der Waals surface area contributed by atoms with Crippen LogP contribution in [-0.2, 0) is 4.79 Å². The molecule has 0 unspecified atom stereocenters. The summed E-state index contributed by atoms with van der Waals surface area (Å²) in [7, 11) is 1.65. The number of carbonyl (C=O) groups is 1. The number of anilines is 1. The highest BCUT2D eigenvalue weighted by molar-refractivity contribution is 5.94. The molecule has 1 amide bonds. The highest BCUT2D eigenvalue weighted by Crippen LogP contribution is 2.42. The second-order valence-corrected chi connectivity index (χ2v) is 7.82. The molecule has 1 aromatic heterocycles. The quantitative estimate of drug-likeness (QED) is 0.666. The lowest BCUT2D eigenvalue weighted by Gasteiger charge is -2.40. The van der Waals surface area contributed by atoms with Gasteiger partial charge < -0.3 is 4.74 Å². The number of fused-ring (bicyclic) bond motifs is 1. The van der Waals surface area contributed by atoms with Crippen LogP contribution in [0.25, 0.3) is 0 Å². The van der Waals surface area contributed by atoms with Crippen LogP contribution in [0.3, 0.4) is 0 Å². The zero-order valence-electron chi connectivity index (χ0n) is 17.2. The maximum atomic E-state index is 13.2. The second-order valence-electron chi connectivity index (χ2n) is 7.82. The van der Waals surface area contributed by atoms with E-state index >= 15 is 0 Å². The van der Waals surface area contributed by atoms with Crippen molar-refractivity contribution in [3.05, 3.63) is 71.5 Å². The van der Waals surface area contributed by atoms with Gasteiger partial charge in [0, 0.05) is 5.92 Å². The Morgan fingerprint density at radius 2 is 1.66 bits per heavy atom.